The number of halogens is 3. The Hall–Kier alpha value is -1.20. The van der Waals surface area contributed by atoms with Crippen LogP contribution in [0.5, 0.6) is 0 Å². The summed E-state index contributed by atoms with van der Waals surface area (Å²) >= 11 is 0. The molecule has 0 aromatic heterocycles. The van der Waals surface area contributed by atoms with Crippen molar-refractivity contribution >= 4 is 18.3 Å². The maximum Gasteiger partial charge on any atom is 0.254 e. The zero-order chi connectivity index (χ0) is 12.4. The van der Waals surface area contributed by atoms with E-state index in [0.717, 1.165) is 31.0 Å². The standard InChI is InChI=1S/C12H14F2N2O.ClH/c13-9-4-8(5-10(14)6-9)12(17)16-3-1-2-11(15)7-16;/h4-6,11H,1-3,7,15H2;1H. The molecule has 18 heavy (non-hydrogen) atoms. The first-order valence-corrected chi connectivity index (χ1v) is 5.57. The lowest BCUT2D eigenvalue weighted by Crippen LogP contribution is -2.45. The van der Waals surface area contributed by atoms with Crippen molar-refractivity contribution in [3.8, 4) is 0 Å². The first-order valence-electron chi connectivity index (χ1n) is 5.57. The summed E-state index contributed by atoms with van der Waals surface area (Å²) in [6, 6.07) is 2.79. The van der Waals surface area contributed by atoms with Crippen molar-refractivity contribution in [3.05, 3.63) is 35.4 Å². The minimum Gasteiger partial charge on any atom is -0.337 e. The highest BCUT2D eigenvalue weighted by atomic mass is 35.5. The van der Waals surface area contributed by atoms with E-state index >= 15 is 0 Å². The van der Waals surface area contributed by atoms with Gasteiger partial charge in [-0.25, -0.2) is 8.78 Å². The third-order valence-corrected chi connectivity index (χ3v) is 2.85. The third-order valence-electron chi connectivity index (χ3n) is 2.85. The van der Waals surface area contributed by atoms with E-state index in [2.05, 4.69) is 0 Å². The quantitative estimate of drug-likeness (QED) is 0.852. The van der Waals surface area contributed by atoms with Gasteiger partial charge in [-0.15, -0.1) is 12.4 Å². The Labute approximate surface area is 110 Å². The van der Waals surface area contributed by atoms with Crippen LogP contribution in [0.1, 0.15) is 23.2 Å². The molecule has 0 radical (unpaired) electrons. The summed E-state index contributed by atoms with van der Waals surface area (Å²) in [5.41, 5.74) is 5.80. The van der Waals surface area contributed by atoms with Crippen molar-refractivity contribution < 1.29 is 13.6 Å². The van der Waals surface area contributed by atoms with E-state index in [-0.39, 0.29) is 29.9 Å². The van der Waals surface area contributed by atoms with Gasteiger partial charge in [0.1, 0.15) is 11.6 Å². The average molecular weight is 277 g/mol. The average Bonchev–Trinajstić information content (AvgIpc) is 2.26. The van der Waals surface area contributed by atoms with Crippen LogP contribution in [0.4, 0.5) is 8.78 Å². The Bertz CT molecular complexity index is 422. The Balaban J connectivity index is 0.00000162. The number of rotatable bonds is 1. The van der Waals surface area contributed by atoms with Gasteiger partial charge in [0.25, 0.3) is 5.91 Å². The zero-order valence-electron chi connectivity index (χ0n) is 9.73. The molecule has 1 aliphatic heterocycles. The molecule has 1 saturated heterocycles. The Morgan fingerprint density at radius 1 is 1.28 bits per heavy atom. The molecule has 2 rings (SSSR count). The van der Waals surface area contributed by atoms with Crippen molar-refractivity contribution in [2.45, 2.75) is 18.9 Å². The lowest BCUT2D eigenvalue weighted by molar-refractivity contribution is 0.0708. The molecule has 6 heteroatoms. The van der Waals surface area contributed by atoms with Crippen LogP contribution in [0.3, 0.4) is 0 Å². The van der Waals surface area contributed by atoms with Crippen LogP contribution in [0, 0.1) is 11.6 Å². The molecule has 1 aromatic carbocycles. The summed E-state index contributed by atoms with van der Waals surface area (Å²) in [5, 5.41) is 0. The number of nitrogens with zero attached hydrogens (tertiary/aromatic N) is 1. The minimum atomic E-state index is -0.741. The number of piperidine rings is 1. The second kappa shape index (κ2) is 6.11. The molecule has 1 unspecified atom stereocenters. The van der Waals surface area contributed by atoms with Crippen molar-refractivity contribution in [2.24, 2.45) is 5.73 Å². The molecule has 3 nitrogen and oxygen atoms in total. The molecule has 1 aliphatic rings. The Kier molecular flexibility index (Phi) is 5.04. The Morgan fingerprint density at radius 3 is 2.44 bits per heavy atom. The Morgan fingerprint density at radius 2 is 1.89 bits per heavy atom. The fourth-order valence-electron chi connectivity index (χ4n) is 2.05. The molecule has 1 fully saturated rings. The van der Waals surface area contributed by atoms with Gasteiger partial charge in [0.2, 0.25) is 0 Å². The number of hydrogen-bond acceptors (Lipinski definition) is 2. The maximum absolute atomic E-state index is 13.0. The second-order valence-corrected chi connectivity index (χ2v) is 4.31. The minimum absolute atomic E-state index is 0. The van der Waals surface area contributed by atoms with E-state index in [1.807, 2.05) is 0 Å². The monoisotopic (exact) mass is 276 g/mol. The van der Waals surface area contributed by atoms with Crippen LogP contribution in [0.2, 0.25) is 0 Å². The molecule has 1 atom stereocenters. The van der Waals surface area contributed by atoms with E-state index in [9.17, 15) is 13.6 Å². The second-order valence-electron chi connectivity index (χ2n) is 4.31. The summed E-state index contributed by atoms with van der Waals surface area (Å²) < 4.78 is 26.0. The van der Waals surface area contributed by atoms with Gasteiger partial charge in [0, 0.05) is 30.8 Å². The number of likely N-dealkylation sites (tertiary alicyclic amines) is 1. The highest BCUT2D eigenvalue weighted by Crippen LogP contribution is 2.14. The first-order chi connectivity index (χ1) is 8.06. The van der Waals surface area contributed by atoms with Crippen LogP contribution in [0.25, 0.3) is 0 Å². The van der Waals surface area contributed by atoms with Crippen molar-refractivity contribution in [1.29, 1.82) is 0 Å². The molecular weight excluding hydrogens is 262 g/mol. The largest absolute Gasteiger partial charge is 0.337 e. The van der Waals surface area contributed by atoms with Crippen LogP contribution < -0.4 is 5.73 Å². The number of carbonyl (C=O) groups excluding carboxylic acids is 1. The summed E-state index contributed by atoms with van der Waals surface area (Å²) in [7, 11) is 0. The molecule has 1 heterocycles. The van der Waals surface area contributed by atoms with Crippen molar-refractivity contribution in [3.63, 3.8) is 0 Å². The molecule has 1 aromatic rings. The van der Waals surface area contributed by atoms with Crippen LogP contribution in [-0.2, 0) is 0 Å². The molecule has 0 aliphatic carbocycles. The van der Waals surface area contributed by atoms with Gasteiger partial charge in [0.15, 0.2) is 0 Å². The molecule has 0 saturated carbocycles. The van der Waals surface area contributed by atoms with Crippen molar-refractivity contribution in [2.75, 3.05) is 13.1 Å². The van der Waals surface area contributed by atoms with Crippen LogP contribution >= 0.6 is 12.4 Å². The van der Waals surface area contributed by atoms with Crippen molar-refractivity contribution in [1.82, 2.24) is 4.90 Å². The van der Waals surface area contributed by atoms with Crippen LogP contribution in [-0.4, -0.2) is 29.9 Å². The molecule has 1 amide bonds. The summed E-state index contributed by atoms with van der Waals surface area (Å²) in [4.78, 5) is 13.5. The molecular formula is C12H15ClF2N2O. The SMILES string of the molecule is Cl.NC1CCCN(C(=O)c2cc(F)cc(F)c2)C1. The maximum atomic E-state index is 13.0. The number of carbonyl (C=O) groups is 1. The molecule has 100 valence electrons. The van der Waals surface area contributed by atoms with E-state index in [1.54, 1.807) is 4.90 Å². The summed E-state index contributed by atoms with van der Waals surface area (Å²) in [6.07, 6.45) is 1.70. The first kappa shape index (κ1) is 14.9. The van der Waals surface area contributed by atoms with Gasteiger partial charge < -0.3 is 10.6 Å². The van der Waals surface area contributed by atoms with Crippen LogP contribution in [0.15, 0.2) is 18.2 Å². The lowest BCUT2D eigenvalue weighted by Gasteiger charge is -2.30. The predicted molar refractivity (Wildman–Crippen MR) is 66.7 cm³/mol. The fourth-order valence-corrected chi connectivity index (χ4v) is 2.05. The van der Waals surface area contributed by atoms with E-state index < -0.39 is 11.6 Å². The van der Waals surface area contributed by atoms with Gasteiger partial charge in [-0.05, 0) is 25.0 Å². The molecule has 0 spiro atoms. The fraction of sp³-hybridized carbons (Fsp3) is 0.417. The smallest absolute Gasteiger partial charge is 0.254 e. The third kappa shape index (κ3) is 3.40. The highest BCUT2D eigenvalue weighted by Gasteiger charge is 2.22. The number of nitrogens with two attached hydrogens (primary N) is 1. The van der Waals surface area contributed by atoms with Gasteiger partial charge in [-0.2, -0.15) is 0 Å². The molecule has 0 bridgehead atoms. The summed E-state index contributed by atoms with van der Waals surface area (Å²) in [5.74, 6) is -1.84. The van der Waals surface area contributed by atoms with E-state index in [1.165, 1.54) is 0 Å². The topological polar surface area (TPSA) is 46.3 Å². The van der Waals surface area contributed by atoms with Gasteiger partial charge in [-0.1, -0.05) is 0 Å². The van der Waals surface area contributed by atoms with Gasteiger partial charge in [-0.3, -0.25) is 4.79 Å². The van der Waals surface area contributed by atoms with E-state index in [0.29, 0.717) is 13.1 Å². The number of hydrogen-bond donors (Lipinski definition) is 1. The predicted octanol–water partition coefficient (Wildman–Crippen LogP) is 1.95. The van der Waals surface area contributed by atoms with Gasteiger partial charge >= 0.3 is 0 Å². The normalized spacial score (nSPS) is 19.3. The summed E-state index contributed by atoms with van der Waals surface area (Å²) in [6.45, 7) is 1.03. The highest BCUT2D eigenvalue weighted by molar-refractivity contribution is 5.94. The zero-order valence-corrected chi connectivity index (χ0v) is 10.6. The van der Waals surface area contributed by atoms with Gasteiger partial charge in [0.05, 0.1) is 0 Å². The number of benzene rings is 1. The lowest BCUT2D eigenvalue weighted by atomic mass is 10.1. The number of amides is 1. The van der Waals surface area contributed by atoms with E-state index in [4.69, 9.17) is 5.73 Å². The molecule has 2 N–H and O–H groups in total.